The summed E-state index contributed by atoms with van der Waals surface area (Å²) in [5.74, 6) is 0.833. The molecule has 0 rings (SSSR count). The van der Waals surface area contributed by atoms with Crippen LogP contribution in [0.3, 0.4) is 0 Å². The van der Waals surface area contributed by atoms with E-state index in [0.717, 1.165) is 5.82 Å². The summed E-state index contributed by atoms with van der Waals surface area (Å²) in [5, 5.41) is 0. The molecule has 24 valence electrons. The van der Waals surface area contributed by atoms with E-state index in [1.807, 2.05) is 0 Å². The van der Waals surface area contributed by atoms with Gasteiger partial charge in [0.05, 0.1) is 0 Å². The van der Waals surface area contributed by atoms with Crippen LogP contribution in [0.25, 0.3) is 0 Å². The molecule has 0 aliphatic carbocycles. The maximum Gasteiger partial charge on any atom is 0.104 e. The van der Waals surface area contributed by atoms with Crippen molar-refractivity contribution in [2.45, 2.75) is 19.7 Å². The quantitative estimate of drug-likeness (QED) is 0.353. The monoisotopic (exact) mass is 56.1 g/mol. The fourth-order valence-electron chi connectivity index (χ4n) is 0. The molecule has 0 aliphatic rings. The molecule has 0 atom stereocenters. The van der Waals surface area contributed by atoms with Gasteiger partial charge in [-0.3, -0.25) is 0 Å². The first kappa shape index (κ1) is 4.06. The van der Waals surface area contributed by atoms with Crippen molar-refractivity contribution in [1.82, 2.24) is 0 Å². The van der Waals surface area contributed by atoms with Crippen LogP contribution in [0.2, 0.25) is 5.82 Å². The number of rotatable bonds is 0. The minimum absolute atomic E-state index is 0.833. The first-order chi connectivity index (χ1) is 1.73. The fourth-order valence-corrected chi connectivity index (χ4v) is 0. The van der Waals surface area contributed by atoms with E-state index in [4.69, 9.17) is 0 Å². The second-order valence-corrected chi connectivity index (χ2v) is 1.73. The molecule has 0 spiro atoms. The van der Waals surface area contributed by atoms with Gasteiger partial charge in [-0.1, -0.05) is 19.7 Å². The van der Waals surface area contributed by atoms with E-state index in [1.165, 1.54) is 0 Å². The van der Waals surface area contributed by atoms with Crippen LogP contribution in [0.1, 0.15) is 13.8 Å². The highest BCUT2D eigenvalue weighted by atomic mass is 13.6. The van der Waals surface area contributed by atoms with Crippen molar-refractivity contribution < 1.29 is 0 Å². The largest absolute Gasteiger partial charge is 0.104 e. The molecule has 1 heteroatoms. The molecular weight excluding hydrogens is 46.8 g/mol. The molecule has 4 heavy (non-hydrogen) atoms. The van der Waals surface area contributed by atoms with E-state index in [-0.39, 0.29) is 0 Å². The average Bonchev–Trinajstić information content (AvgIpc) is 0.811. The minimum atomic E-state index is 0.833. The third-order valence-electron chi connectivity index (χ3n) is 0. The second kappa shape index (κ2) is 1.39. The van der Waals surface area contributed by atoms with Crippen LogP contribution in [0, 0.1) is 0 Å². The Morgan fingerprint density at radius 2 is 1.50 bits per heavy atom. The van der Waals surface area contributed by atoms with Gasteiger partial charge in [0.25, 0.3) is 0 Å². The molecule has 0 aromatic heterocycles. The molecule has 0 amide bonds. The maximum atomic E-state index is 2.17. The summed E-state index contributed by atoms with van der Waals surface area (Å²) >= 11 is 0. The van der Waals surface area contributed by atoms with Crippen LogP contribution < -0.4 is 0 Å². The normalized spacial score (nSPS) is 8.75. The molecule has 0 saturated heterocycles. The molecule has 0 fully saturated rings. The van der Waals surface area contributed by atoms with Crippen molar-refractivity contribution in [2.24, 2.45) is 0 Å². The van der Waals surface area contributed by atoms with Gasteiger partial charge < -0.3 is 0 Å². The molecule has 0 aliphatic heterocycles. The molecule has 0 heterocycles. The Labute approximate surface area is 28.6 Å². The van der Waals surface area contributed by atoms with Gasteiger partial charge in [0.1, 0.15) is 7.85 Å². The smallest absolute Gasteiger partial charge is 0.0753 e. The Kier molecular flexibility index (Phi) is 1.41. The van der Waals surface area contributed by atoms with E-state index >= 15 is 0 Å². The number of hydrogen-bond donors (Lipinski definition) is 0. The third kappa shape index (κ3) is 555. The van der Waals surface area contributed by atoms with Gasteiger partial charge in [0.2, 0.25) is 0 Å². The maximum absolute atomic E-state index is 2.17. The standard InChI is InChI=1S/C3H9B/c1-3(2)4/h3H,4H2,1-2H3. The van der Waals surface area contributed by atoms with Gasteiger partial charge in [0, 0.05) is 0 Å². The lowest BCUT2D eigenvalue weighted by atomic mass is 9.93. The summed E-state index contributed by atoms with van der Waals surface area (Å²) in [6.45, 7) is 4.33. The predicted molar refractivity (Wildman–Crippen MR) is 23.6 cm³/mol. The molecule has 0 bridgehead atoms. The highest BCUT2D eigenvalue weighted by Crippen LogP contribution is 1.84. The van der Waals surface area contributed by atoms with E-state index in [1.54, 1.807) is 0 Å². The zero-order valence-corrected chi connectivity index (χ0v) is 3.58. The molecule has 0 radical (unpaired) electrons. The van der Waals surface area contributed by atoms with Crippen molar-refractivity contribution in [3.8, 4) is 0 Å². The lowest BCUT2D eigenvalue weighted by Crippen LogP contribution is -1.67. The van der Waals surface area contributed by atoms with Crippen LogP contribution in [0.5, 0.6) is 0 Å². The molecule has 0 aromatic carbocycles. The SMILES string of the molecule is BC(C)C. The Balaban J connectivity index is 2.32. The zero-order chi connectivity index (χ0) is 3.58. The van der Waals surface area contributed by atoms with E-state index in [0.29, 0.717) is 0 Å². The first-order valence-corrected chi connectivity index (χ1v) is 1.73. The summed E-state index contributed by atoms with van der Waals surface area (Å²) in [4.78, 5) is 0. The molecule has 0 nitrogen and oxygen atoms in total. The van der Waals surface area contributed by atoms with Crippen LogP contribution >= 0.6 is 0 Å². The van der Waals surface area contributed by atoms with Crippen LogP contribution in [-0.4, -0.2) is 7.85 Å². The summed E-state index contributed by atoms with van der Waals surface area (Å²) < 4.78 is 0. The Morgan fingerprint density at radius 1 is 1.50 bits per heavy atom. The first-order valence-electron chi connectivity index (χ1n) is 1.73. The average molecular weight is 55.9 g/mol. The van der Waals surface area contributed by atoms with Gasteiger partial charge in [0.15, 0.2) is 0 Å². The van der Waals surface area contributed by atoms with E-state index < -0.39 is 0 Å². The highest BCUT2D eigenvalue weighted by Gasteiger charge is 1.69. The summed E-state index contributed by atoms with van der Waals surface area (Å²) in [5.41, 5.74) is 0. The van der Waals surface area contributed by atoms with Gasteiger partial charge >= 0.3 is 0 Å². The van der Waals surface area contributed by atoms with Crippen LogP contribution in [-0.2, 0) is 0 Å². The summed E-state index contributed by atoms with van der Waals surface area (Å²) in [6, 6.07) is 0. The van der Waals surface area contributed by atoms with Gasteiger partial charge in [-0.25, -0.2) is 0 Å². The lowest BCUT2D eigenvalue weighted by molar-refractivity contribution is 1.08. The van der Waals surface area contributed by atoms with Gasteiger partial charge in [-0.05, 0) is 0 Å². The molecule has 0 aromatic rings. The van der Waals surface area contributed by atoms with Crippen LogP contribution in [0.4, 0.5) is 0 Å². The fraction of sp³-hybridized carbons (Fsp3) is 1.00. The van der Waals surface area contributed by atoms with Gasteiger partial charge in [-0.15, -0.1) is 0 Å². The van der Waals surface area contributed by atoms with Crippen LogP contribution in [0.15, 0.2) is 0 Å². The molecule has 0 unspecified atom stereocenters. The Hall–Kier alpha value is 0.0649. The van der Waals surface area contributed by atoms with Crippen molar-refractivity contribution in [2.75, 3.05) is 0 Å². The Bertz CT molecular complexity index is 8.00. The zero-order valence-electron chi connectivity index (χ0n) is 3.58. The summed E-state index contributed by atoms with van der Waals surface area (Å²) in [6.07, 6.45) is 0. The van der Waals surface area contributed by atoms with E-state index in [2.05, 4.69) is 21.7 Å². The Morgan fingerprint density at radius 3 is 1.50 bits per heavy atom. The third-order valence-corrected chi connectivity index (χ3v) is 0. The summed E-state index contributed by atoms with van der Waals surface area (Å²) in [7, 11) is 2.17. The van der Waals surface area contributed by atoms with Crippen molar-refractivity contribution in [3.63, 3.8) is 0 Å². The molecule has 0 saturated carbocycles. The van der Waals surface area contributed by atoms with E-state index in [9.17, 15) is 0 Å². The minimum Gasteiger partial charge on any atom is -0.0753 e. The van der Waals surface area contributed by atoms with Crippen molar-refractivity contribution in [3.05, 3.63) is 0 Å². The highest BCUT2D eigenvalue weighted by molar-refractivity contribution is 6.10. The number of hydrogen-bond acceptors (Lipinski definition) is 0. The second-order valence-electron chi connectivity index (χ2n) is 1.73. The topological polar surface area (TPSA) is 0 Å². The lowest BCUT2D eigenvalue weighted by Gasteiger charge is -1.78. The molecule has 0 N–H and O–H groups in total. The molecular formula is C3H9B. The van der Waals surface area contributed by atoms with Crippen molar-refractivity contribution >= 4 is 7.85 Å². The van der Waals surface area contributed by atoms with Crippen molar-refractivity contribution in [1.29, 1.82) is 0 Å². The van der Waals surface area contributed by atoms with Gasteiger partial charge in [-0.2, -0.15) is 0 Å². The predicted octanol–water partition coefficient (Wildman–Crippen LogP) is 0.448.